The summed E-state index contributed by atoms with van der Waals surface area (Å²) in [7, 11) is -1.43. The molecule has 2 aliphatic heterocycles. The van der Waals surface area contributed by atoms with Gasteiger partial charge in [0, 0.05) is 32.2 Å². The zero-order chi connectivity index (χ0) is 12.3. The molecule has 2 fully saturated rings. The highest BCUT2D eigenvalue weighted by Crippen LogP contribution is 2.23. The van der Waals surface area contributed by atoms with E-state index in [9.17, 15) is 8.42 Å². The maximum atomic E-state index is 12.4. The molecule has 0 saturated carbocycles. The van der Waals surface area contributed by atoms with Crippen LogP contribution in [0.3, 0.4) is 0 Å². The summed E-state index contributed by atoms with van der Waals surface area (Å²) in [5, 5.41) is 3.07. The van der Waals surface area contributed by atoms with Crippen molar-refractivity contribution in [1.29, 1.82) is 0 Å². The lowest BCUT2D eigenvalue weighted by Gasteiger charge is -2.32. The Bertz CT molecular complexity index is 346. The molecule has 0 aliphatic carbocycles. The SMILES string of the molecule is CNCC1CCCN1S(=O)(=O)N1CCOCC1.Cl. The van der Waals surface area contributed by atoms with Crippen LogP contribution in [0.1, 0.15) is 12.8 Å². The molecular weight excluding hydrogens is 278 g/mol. The third-order valence-electron chi connectivity index (χ3n) is 3.36. The van der Waals surface area contributed by atoms with Gasteiger partial charge in [0.15, 0.2) is 0 Å². The molecular formula is C10H22ClN3O3S. The van der Waals surface area contributed by atoms with E-state index in [1.165, 1.54) is 0 Å². The summed E-state index contributed by atoms with van der Waals surface area (Å²) in [5.41, 5.74) is 0. The molecule has 0 spiro atoms. The van der Waals surface area contributed by atoms with Gasteiger partial charge >= 0.3 is 0 Å². The highest BCUT2D eigenvalue weighted by molar-refractivity contribution is 7.86. The second-order valence-electron chi connectivity index (χ2n) is 4.48. The van der Waals surface area contributed by atoms with Gasteiger partial charge in [-0.1, -0.05) is 0 Å². The molecule has 0 amide bonds. The van der Waals surface area contributed by atoms with E-state index < -0.39 is 10.2 Å². The van der Waals surface area contributed by atoms with Gasteiger partial charge in [0.1, 0.15) is 0 Å². The Hall–Kier alpha value is 0.0800. The lowest BCUT2D eigenvalue weighted by Crippen LogP contribution is -2.51. The molecule has 6 nitrogen and oxygen atoms in total. The Kier molecular flexibility index (Phi) is 6.29. The number of ether oxygens (including phenoxy) is 1. The first kappa shape index (κ1) is 16.1. The van der Waals surface area contributed by atoms with Crippen LogP contribution in [0.4, 0.5) is 0 Å². The number of hydrogen-bond donors (Lipinski definition) is 1. The molecule has 0 aromatic carbocycles. The smallest absolute Gasteiger partial charge is 0.282 e. The van der Waals surface area contributed by atoms with Crippen LogP contribution in [-0.2, 0) is 14.9 Å². The Morgan fingerprint density at radius 2 is 1.94 bits per heavy atom. The van der Waals surface area contributed by atoms with E-state index in [1.54, 1.807) is 8.61 Å². The first-order valence-corrected chi connectivity index (χ1v) is 7.55. The summed E-state index contributed by atoms with van der Waals surface area (Å²) in [6, 6.07) is 0.104. The van der Waals surface area contributed by atoms with Crippen molar-refractivity contribution in [2.45, 2.75) is 18.9 Å². The normalized spacial score (nSPS) is 27.1. The molecule has 0 radical (unpaired) electrons. The molecule has 0 aromatic heterocycles. The molecule has 2 saturated heterocycles. The minimum Gasteiger partial charge on any atom is -0.379 e. The van der Waals surface area contributed by atoms with E-state index in [4.69, 9.17) is 4.74 Å². The van der Waals surface area contributed by atoms with Crippen molar-refractivity contribution in [2.75, 3.05) is 46.4 Å². The van der Waals surface area contributed by atoms with Crippen LogP contribution >= 0.6 is 12.4 Å². The minimum atomic E-state index is -3.29. The van der Waals surface area contributed by atoms with Gasteiger partial charge in [-0.05, 0) is 19.9 Å². The van der Waals surface area contributed by atoms with Crippen LogP contribution in [0.15, 0.2) is 0 Å². The maximum absolute atomic E-state index is 12.4. The average molecular weight is 300 g/mol. The predicted molar refractivity (Wildman–Crippen MR) is 72.2 cm³/mol. The summed E-state index contributed by atoms with van der Waals surface area (Å²) in [4.78, 5) is 0. The second kappa shape index (κ2) is 7.02. The van der Waals surface area contributed by atoms with Crippen molar-refractivity contribution in [2.24, 2.45) is 0 Å². The molecule has 108 valence electrons. The van der Waals surface area contributed by atoms with Gasteiger partial charge in [0.25, 0.3) is 10.2 Å². The highest BCUT2D eigenvalue weighted by atomic mass is 35.5. The summed E-state index contributed by atoms with van der Waals surface area (Å²) in [5.74, 6) is 0. The van der Waals surface area contributed by atoms with Crippen molar-refractivity contribution in [3.8, 4) is 0 Å². The van der Waals surface area contributed by atoms with Crippen LogP contribution in [-0.4, -0.2) is 69.5 Å². The summed E-state index contributed by atoms with van der Waals surface area (Å²) in [6.45, 7) is 3.33. The number of halogens is 1. The van der Waals surface area contributed by atoms with E-state index >= 15 is 0 Å². The molecule has 1 N–H and O–H groups in total. The number of hydrogen-bond acceptors (Lipinski definition) is 4. The minimum absolute atomic E-state index is 0. The number of likely N-dealkylation sites (N-methyl/N-ethyl adjacent to an activating group) is 1. The van der Waals surface area contributed by atoms with Gasteiger partial charge in [-0.15, -0.1) is 12.4 Å². The van der Waals surface area contributed by atoms with Crippen molar-refractivity contribution >= 4 is 22.6 Å². The summed E-state index contributed by atoms with van der Waals surface area (Å²) >= 11 is 0. The third kappa shape index (κ3) is 3.34. The van der Waals surface area contributed by atoms with Crippen LogP contribution in [0, 0.1) is 0 Å². The van der Waals surface area contributed by atoms with E-state index in [-0.39, 0.29) is 18.4 Å². The zero-order valence-electron chi connectivity index (χ0n) is 10.7. The van der Waals surface area contributed by atoms with E-state index in [1.807, 2.05) is 7.05 Å². The molecule has 2 aliphatic rings. The fourth-order valence-electron chi connectivity index (χ4n) is 2.48. The van der Waals surface area contributed by atoms with Crippen LogP contribution < -0.4 is 5.32 Å². The molecule has 2 rings (SSSR count). The monoisotopic (exact) mass is 299 g/mol. The zero-order valence-corrected chi connectivity index (χ0v) is 12.3. The van der Waals surface area contributed by atoms with Gasteiger partial charge in [0.2, 0.25) is 0 Å². The molecule has 1 unspecified atom stereocenters. The van der Waals surface area contributed by atoms with Crippen LogP contribution in [0.2, 0.25) is 0 Å². The largest absolute Gasteiger partial charge is 0.379 e. The Morgan fingerprint density at radius 1 is 1.28 bits per heavy atom. The van der Waals surface area contributed by atoms with Crippen molar-refractivity contribution < 1.29 is 13.2 Å². The van der Waals surface area contributed by atoms with Crippen LogP contribution in [0.5, 0.6) is 0 Å². The topological polar surface area (TPSA) is 61.9 Å². The lowest BCUT2D eigenvalue weighted by atomic mass is 10.2. The number of rotatable bonds is 4. The van der Waals surface area contributed by atoms with Crippen molar-refractivity contribution in [1.82, 2.24) is 13.9 Å². The van der Waals surface area contributed by atoms with E-state index in [0.717, 1.165) is 19.4 Å². The standard InChI is InChI=1S/C10H21N3O3S.ClH/c1-11-9-10-3-2-4-13(10)17(14,15)12-5-7-16-8-6-12;/h10-11H,2-9H2,1H3;1H. The van der Waals surface area contributed by atoms with Gasteiger partial charge < -0.3 is 10.1 Å². The van der Waals surface area contributed by atoms with Gasteiger partial charge in [-0.3, -0.25) is 0 Å². The molecule has 0 aromatic rings. The van der Waals surface area contributed by atoms with Crippen LogP contribution in [0.25, 0.3) is 0 Å². The third-order valence-corrected chi connectivity index (χ3v) is 5.45. The van der Waals surface area contributed by atoms with Crippen molar-refractivity contribution in [3.63, 3.8) is 0 Å². The molecule has 8 heteroatoms. The number of nitrogens with one attached hydrogen (secondary N) is 1. The fourth-order valence-corrected chi connectivity index (χ4v) is 4.30. The fraction of sp³-hybridized carbons (Fsp3) is 1.00. The van der Waals surface area contributed by atoms with E-state index in [2.05, 4.69) is 5.32 Å². The maximum Gasteiger partial charge on any atom is 0.282 e. The predicted octanol–water partition coefficient (Wildman–Crippen LogP) is -0.331. The number of morpholine rings is 1. The Morgan fingerprint density at radius 3 is 2.56 bits per heavy atom. The number of nitrogens with zero attached hydrogens (tertiary/aromatic N) is 2. The Labute approximate surface area is 115 Å². The average Bonchev–Trinajstić information content (AvgIpc) is 2.80. The molecule has 2 heterocycles. The summed E-state index contributed by atoms with van der Waals surface area (Å²) in [6.07, 6.45) is 1.90. The molecule has 1 atom stereocenters. The van der Waals surface area contributed by atoms with Gasteiger partial charge in [0.05, 0.1) is 13.2 Å². The highest BCUT2D eigenvalue weighted by Gasteiger charge is 2.38. The second-order valence-corrected chi connectivity index (χ2v) is 6.36. The Balaban J connectivity index is 0.00000162. The van der Waals surface area contributed by atoms with Gasteiger partial charge in [-0.2, -0.15) is 17.0 Å². The van der Waals surface area contributed by atoms with E-state index in [0.29, 0.717) is 32.8 Å². The summed E-state index contributed by atoms with van der Waals surface area (Å²) < 4.78 is 33.3. The molecule has 18 heavy (non-hydrogen) atoms. The molecule has 0 bridgehead atoms. The van der Waals surface area contributed by atoms with Gasteiger partial charge in [-0.25, -0.2) is 0 Å². The first-order valence-electron chi connectivity index (χ1n) is 6.15. The quantitative estimate of drug-likeness (QED) is 0.772. The first-order chi connectivity index (χ1) is 8.16. The lowest BCUT2D eigenvalue weighted by molar-refractivity contribution is 0.0699. The van der Waals surface area contributed by atoms with Crippen molar-refractivity contribution in [3.05, 3.63) is 0 Å².